The summed E-state index contributed by atoms with van der Waals surface area (Å²) in [5, 5.41) is 0.732. The van der Waals surface area contributed by atoms with E-state index in [4.69, 9.17) is 10.6 Å². The topological polar surface area (TPSA) is 90.1 Å². The van der Waals surface area contributed by atoms with Gasteiger partial charge in [-0.25, -0.2) is 15.8 Å². The molecule has 1 aliphatic rings. The number of rotatable bonds is 4. The van der Waals surface area contributed by atoms with Crippen LogP contribution in [0.4, 0.5) is 0 Å². The first kappa shape index (κ1) is 13.3. The van der Waals surface area contributed by atoms with Crippen molar-refractivity contribution < 1.29 is 9.53 Å². The van der Waals surface area contributed by atoms with E-state index in [1.54, 1.807) is 12.4 Å². The largest absolute Gasteiger partial charge is 0.364 e. The van der Waals surface area contributed by atoms with Gasteiger partial charge in [0.05, 0.1) is 6.10 Å². The Bertz CT molecular complexity index is 412. The molecule has 0 bridgehead atoms. The van der Waals surface area contributed by atoms with Gasteiger partial charge in [-0.1, -0.05) is 11.8 Å². The van der Waals surface area contributed by atoms with E-state index < -0.39 is 6.10 Å². The number of nitrogens with one attached hydrogen (secondary N) is 1. The molecule has 3 N–H and O–H groups in total. The predicted molar refractivity (Wildman–Crippen MR) is 67.7 cm³/mol. The number of aromatic nitrogens is 2. The molecule has 2 unspecified atom stereocenters. The van der Waals surface area contributed by atoms with E-state index >= 15 is 0 Å². The average Bonchev–Trinajstić information content (AvgIpc) is 2.86. The number of ether oxygens (including phenoxy) is 1. The Labute approximate surface area is 110 Å². The van der Waals surface area contributed by atoms with Crippen LogP contribution in [-0.2, 0) is 9.53 Å². The Morgan fingerprint density at radius 2 is 2.28 bits per heavy atom. The summed E-state index contributed by atoms with van der Waals surface area (Å²) in [5.74, 6) is 5.56. The van der Waals surface area contributed by atoms with Crippen LogP contribution < -0.4 is 11.3 Å². The summed E-state index contributed by atoms with van der Waals surface area (Å²) in [7, 11) is 0. The Morgan fingerprint density at radius 3 is 2.94 bits per heavy atom. The minimum atomic E-state index is -0.417. The first-order chi connectivity index (χ1) is 8.69. The quantitative estimate of drug-likeness (QED) is 0.270. The molecule has 1 aromatic rings. The first-order valence-corrected chi connectivity index (χ1v) is 6.75. The molecule has 7 heteroatoms. The summed E-state index contributed by atoms with van der Waals surface area (Å²) in [6, 6.07) is 0. The smallest absolute Gasteiger partial charge is 0.263 e. The van der Waals surface area contributed by atoms with E-state index in [1.165, 1.54) is 11.8 Å². The zero-order valence-electron chi connectivity index (χ0n) is 10.1. The molecule has 1 saturated heterocycles. The fourth-order valence-electron chi connectivity index (χ4n) is 1.74. The Morgan fingerprint density at radius 1 is 1.56 bits per heavy atom. The Balaban J connectivity index is 1.78. The number of amides is 1. The highest BCUT2D eigenvalue weighted by Crippen LogP contribution is 2.25. The third kappa shape index (κ3) is 3.41. The fraction of sp³-hybridized carbons (Fsp3) is 0.545. The minimum absolute atomic E-state index is 0.0576. The molecule has 6 nitrogen and oxygen atoms in total. The number of hydrogen-bond donors (Lipinski definition) is 2. The molecule has 1 amide bonds. The van der Waals surface area contributed by atoms with Crippen molar-refractivity contribution in [2.45, 2.75) is 37.1 Å². The zero-order chi connectivity index (χ0) is 13.0. The van der Waals surface area contributed by atoms with Crippen molar-refractivity contribution in [1.82, 2.24) is 15.4 Å². The number of hydrazine groups is 1. The summed E-state index contributed by atoms with van der Waals surface area (Å²) in [6.45, 7) is 1.95. The van der Waals surface area contributed by atoms with E-state index in [0.717, 1.165) is 22.9 Å². The van der Waals surface area contributed by atoms with Crippen molar-refractivity contribution in [3.63, 3.8) is 0 Å². The second kappa shape index (κ2) is 6.12. The van der Waals surface area contributed by atoms with Gasteiger partial charge in [0.2, 0.25) is 0 Å². The number of nitrogens with zero attached hydrogens (tertiary/aromatic N) is 2. The monoisotopic (exact) mass is 268 g/mol. The highest BCUT2D eigenvalue weighted by Gasteiger charge is 2.30. The van der Waals surface area contributed by atoms with Crippen LogP contribution >= 0.6 is 11.8 Å². The van der Waals surface area contributed by atoms with Gasteiger partial charge in [-0.3, -0.25) is 10.2 Å². The van der Waals surface area contributed by atoms with Crippen LogP contribution in [0.15, 0.2) is 17.6 Å². The maximum atomic E-state index is 11.3. The van der Waals surface area contributed by atoms with Crippen LogP contribution in [0, 0.1) is 6.92 Å². The second-order valence-electron chi connectivity index (χ2n) is 4.19. The van der Waals surface area contributed by atoms with Crippen molar-refractivity contribution in [1.29, 1.82) is 0 Å². The van der Waals surface area contributed by atoms with Gasteiger partial charge in [-0.2, -0.15) is 0 Å². The van der Waals surface area contributed by atoms with Crippen LogP contribution in [0.2, 0.25) is 0 Å². The molecule has 0 aliphatic carbocycles. The van der Waals surface area contributed by atoms with Gasteiger partial charge < -0.3 is 4.74 Å². The maximum Gasteiger partial charge on any atom is 0.263 e. The lowest BCUT2D eigenvalue weighted by atomic mass is 10.2. The van der Waals surface area contributed by atoms with Gasteiger partial charge in [0, 0.05) is 18.1 Å². The highest BCUT2D eigenvalue weighted by molar-refractivity contribution is 7.99. The van der Waals surface area contributed by atoms with Crippen LogP contribution in [0.25, 0.3) is 0 Å². The third-order valence-corrected chi connectivity index (χ3v) is 3.71. The van der Waals surface area contributed by atoms with Gasteiger partial charge in [-0.15, -0.1) is 0 Å². The van der Waals surface area contributed by atoms with E-state index in [9.17, 15) is 4.79 Å². The number of carbonyl (C=O) groups excluding carboxylic acids is 1. The van der Waals surface area contributed by atoms with Gasteiger partial charge in [0.15, 0.2) is 5.16 Å². The molecule has 2 rings (SSSR count). The lowest BCUT2D eigenvalue weighted by Gasteiger charge is -2.11. The normalized spacial score (nSPS) is 23.0. The van der Waals surface area contributed by atoms with Gasteiger partial charge >= 0.3 is 0 Å². The molecule has 0 spiro atoms. The fourth-order valence-corrected chi connectivity index (χ4v) is 2.57. The zero-order valence-corrected chi connectivity index (χ0v) is 10.9. The van der Waals surface area contributed by atoms with Crippen LogP contribution in [0.1, 0.15) is 18.4 Å². The van der Waals surface area contributed by atoms with Crippen molar-refractivity contribution >= 4 is 17.7 Å². The van der Waals surface area contributed by atoms with Gasteiger partial charge in [0.25, 0.3) is 5.91 Å². The summed E-state index contributed by atoms with van der Waals surface area (Å²) < 4.78 is 5.59. The molecular weight excluding hydrogens is 252 g/mol. The van der Waals surface area contributed by atoms with Crippen molar-refractivity contribution in [3.8, 4) is 0 Å². The molecule has 0 radical (unpaired) electrons. The van der Waals surface area contributed by atoms with Gasteiger partial charge in [-0.05, 0) is 25.3 Å². The van der Waals surface area contributed by atoms with Crippen LogP contribution in [-0.4, -0.2) is 33.8 Å². The van der Waals surface area contributed by atoms with E-state index in [2.05, 4.69) is 15.4 Å². The third-order valence-electron chi connectivity index (χ3n) is 2.70. The Kier molecular flexibility index (Phi) is 4.51. The minimum Gasteiger partial charge on any atom is -0.364 e. The summed E-state index contributed by atoms with van der Waals surface area (Å²) in [5.41, 5.74) is 3.15. The molecule has 1 fully saturated rings. The van der Waals surface area contributed by atoms with Crippen LogP contribution in [0.3, 0.4) is 0 Å². The standard InChI is InChI=1S/C11H16N4O2S/c1-7-4-13-11(14-5-7)18-6-8-2-3-9(17-8)10(16)15-12/h4-5,8-9H,2-3,6,12H2,1H3,(H,15,16). The number of nitrogens with two attached hydrogens (primary N) is 1. The molecule has 0 saturated carbocycles. The molecule has 1 aromatic heterocycles. The summed E-state index contributed by atoms with van der Waals surface area (Å²) in [4.78, 5) is 19.7. The molecule has 2 heterocycles. The highest BCUT2D eigenvalue weighted by atomic mass is 32.2. The molecule has 2 atom stereocenters. The SMILES string of the molecule is Cc1cnc(SCC2CCC(C(=O)NN)O2)nc1. The average molecular weight is 268 g/mol. The number of thioether (sulfide) groups is 1. The second-order valence-corrected chi connectivity index (χ2v) is 5.17. The van der Waals surface area contributed by atoms with Crippen molar-refractivity contribution in [2.75, 3.05) is 5.75 Å². The number of aryl methyl sites for hydroxylation is 1. The first-order valence-electron chi connectivity index (χ1n) is 5.76. The van der Waals surface area contributed by atoms with E-state index in [0.29, 0.717) is 6.42 Å². The number of hydrogen-bond acceptors (Lipinski definition) is 6. The maximum absolute atomic E-state index is 11.3. The van der Waals surface area contributed by atoms with Crippen molar-refractivity contribution in [2.24, 2.45) is 5.84 Å². The summed E-state index contributed by atoms with van der Waals surface area (Å²) >= 11 is 1.54. The number of carbonyl (C=O) groups is 1. The van der Waals surface area contributed by atoms with Gasteiger partial charge in [0.1, 0.15) is 6.10 Å². The lowest BCUT2D eigenvalue weighted by molar-refractivity contribution is -0.131. The molecule has 98 valence electrons. The van der Waals surface area contributed by atoms with Crippen LogP contribution in [0.5, 0.6) is 0 Å². The predicted octanol–water partition coefficient (Wildman–Crippen LogP) is 0.415. The molecule has 1 aliphatic heterocycles. The molecule has 0 aromatic carbocycles. The molecule has 18 heavy (non-hydrogen) atoms. The summed E-state index contributed by atoms with van der Waals surface area (Å²) in [6.07, 6.45) is 4.78. The lowest BCUT2D eigenvalue weighted by Crippen LogP contribution is -2.39. The van der Waals surface area contributed by atoms with E-state index in [-0.39, 0.29) is 12.0 Å². The van der Waals surface area contributed by atoms with Crippen molar-refractivity contribution in [3.05, 3.63) is 18.0 Å². The van der Waals surface area contributed by atoms with E-state index in [1.807, 2.05) is 6.92 Å². The molecular formula is C11H16N4O2S. The Hall–Kier alpha value is -1.18.